The molecule has 0 aromatic heterocycles. The zero-order chi connectivity index (χ0) is 15.3. The number of aliphatic carboxylic acids is 1. The van der Waals surface area contributed by atoms with Crippen molar-refractivity contribution in [2.24, 2.45) is 0 Å². The lowest BCUT2D eigenvalue weighted by atomic mass is 9.93. The van der Waals surface area contributed by atoms with Crippen molar-refractivity contribution in [3.8, 4) is 0 Å². The van der Waals surface area contributed by atoms with Crippen LogP contribution in [0.1, 0.15) is 32.1 Å². The lowest BCUT2D eigenvalue weighted by Crippen LogP contribution is -2.48. The van der Waals surface area contributed by atoms with Gasteiger partial charge in [0.2, 0.25) is 5.91 Å². The lowest BCUT2D eigenvalue weighted by molar-refractivity contribution is -0.139. The third-order valence-corrected chi connectivity index (χ3v) is 4.70. The molecule has 21 heavy (non-hydrogen) atoms. The summed E-state index contributed by atoms with van der Waals surface area (Å²) in [6.45, 7) is 0. The number of halogens is 1. The number of carbonyl (C=O) groups excluding carboxylic acids is 1. The summed E-state index contributed by atoms with van der Waals surface area (Å²) in [6, 6.07) is 6.28. The number of thioether (sulfide) groups is 1. The number of carbonyl (C=O) groups is 2. The number of hydrogen-bond donors (Lipinski definition) is 2. The van der Waals surface area contributed by atoms with Gasteiger partial charge < -0.3 is 10.4 Å². The molecule has 6 heteroatoms. The summed E-state index contributed by atoms with van der Waals surface area (Å²) < 4.78 is 13.5. The van der Waals surface area contributed by atoms with E-state index in [1.165, 1.54) is 6.07 Å². The Labute approximate surface area is 127 Å². The first kappa shape index (κ1) is 15.8. The number of nitrogens with one attached hydrogen (secondary N) is 1. The minimum absolute atomic E-state index is 0.0525. The molecule has 0 radical (unpaired) electrons. The number of carboxylic acid groups (broad SMARTS) is 1. The van der Waals surface area contributed by atoms with Gasteiger partial charge in [-0.1, -0.05) is 25.0 Å². The maximum absolute atomic E-state index is 13.5. The fourth-order valence-corrected chi connectivity index (χ4v) is 3.46. The maximum Gasteiger partial charge on any atom is 0.305 e. The highest BCUT2D eigenvalue weighted by molar-refractivity contribution is 8.00. The molecule has 0 aliphatic heterocycles. The van der Waals surface area contributed by atoms with Crippen molar-refractivity contribution >= 4 is 23.6 Å². The molecular weight excluding hydrogens is 293 g/mol. The van der Waals surface area contributed by atoms with Crippen LogP contribution in [-0.4, -0.2) is 28.3 Å². The van der Waals surface area contributed by atoms with Crippen LogP contribution in [0.3, 0.4) is 0 Å². The molecule has 1 aromatic carbocycles. The van der Waals surface area contributed by atoms with Crippen LogP contribution in [-0.2, 0) is 9.59 Å². The van der Waals surface area contributed by atoms with E-state index in [1.807, 2.05) is 0 Å². The fraction of sp³-hybridized carbons (Fsp3) is 0.467. The number of benzene rings is 1. The van der Waals surface area contributed by atoms with Gasteiger partial charge in [-0.25, -0.2) is 4.39 Å². The molecule has 0 unspecified atom stereocenters. The van der Waals surface area contributed by atoms with Gasteiger partial charge >= 0.3 is 5.97 Å². The molecule has 1 aromatic rings. The largest absolute Gasteiger partial charge is 0.481 e. The normalized spacial score (nSPS) is 16.6. The number of amides is 1. The summed E-state index contributed by atoms with van der Waals surface area (Å²) in [5, 5.41) is 11.8. The second kappa shape index (κ2) is 6.93. The molecule has 0 spiro atoms. The molecule has 2 N–H and O–H groups in total. The van der Waals surface area contributed by atoms with Gasteiger partial charge in [0.1, 0.15) is 5.82 Å². The molecule has 2 rings (SSSR count). The van der Waals surface area contributed by atoms with Crippen LogP contribution in [0.15, 0.2) is 29.2 Å². The molecule has 0 heterocycles. The first-order valence-corrected chi connectivity index (χ1v) is 7.89. The molecule has 1 aliphatic carbocycles. The lowest BCUT2D eigenvalue weighted by Gasteiger charge is -2.28. The van der Waals surface area contributed by atoms with Gasteiger partial charge in [0.15, 0.2) is 0 Å². The van der Waals surface area contributed by atoms with Gasteiger partial charge in [-0.2, -0.15) is 0 Å². The Kier molecular flexibility index (Phi) is 5.22. The second-order valence-corrected chi connectivity index (χ2v) is 6.34. The van der Waals surface area contributed by atoms with Crippen LogP contribution in [0.2, 0.25) is 0 Å². The number of carboxylic acids is 1. The van der Waals surface area contributed by atoms with Crippen LogP contribution < -0.4 is 5.32 Å². The molecule has 0 saturated heterocycles. The Morgan fingerprint density at radius 2 is 1.95 bits per heavy atom. The summed E-state index contributed by atoms with van der Waals surface area (Å²) in [6.07, 6.45) is 3.18. The molecule has 1 aliphatic rings. The molecule has 114 valence electrons. The fourth-order valence-electron chi connectivity index (χ4n) is 2.72. The SMILES string of the molecule is O=C(O)CC1(NC(=O)CSc2ccccc2F)CCCC1. The quantitative estimate of drug-likeness (QED) is 0.793. The highest BCUT2D eigenvalue weighted by Gasteiger charge is 2.37. The van der Waals surface area contributed by atoms with Crippen molar-refractivity contribution in [2.45, 2.75) is 42.5 Å². The Morgan fingerprint density at radius 1 is 1.29 bits per heavy atom. The van der Waals surface area contributed by atoms with E-state index in [0.29, 0.717) is 17.7 Å². The molecule has 0 atom stereocenters. The summed E-state index contributed by atoms with van der Waals surface area (Å²) in [7, 11) is 0. The molecule has 1 saturated carbocycles. The zero-order valence-electron chi connectivity index (χ0n) is 11.6. The Balaban J connectivity index is 1.91. The third-order valence-electron chi connectivity index (χ3n) is 3.65. The number of rotatable bonds is 6. The molecule has 0 bridgehead atoms. The van der Waals surface area contributed by atoms with E-state index in [2.05, 4.69) is 5.32 Å². The van der Waals surface area contributed by atoms with E-state index in [1.54, 1.807) is 18.2 Å². The van der Waals surface area contributed by atoms with Crippen LogP contribution in [0.25, 0.3) is 0 Å². The Hall–Kier alpha value is -1.56. The predicted molar refractivity (Wildman–Crippen MR) is 78.7 cm³/mol. The van der Waals surface area contributed by atoms with E-state index >= 15 is 0 Å². The average molecular weight is 311 g/mol. The third kappa shape index (κ3) is 4.46. The molecule has 1 fully saturated rings. The Bertz CT molecular complexity index is 529. The molecular formula is C15H18FNO3S. The minimum atomic E-state index is -0.904. The first-order chi connectivity index (χ1) is 10.0. The highest BCUT2D eigenvalue weighted by Crippen LogP contribution is 2.33. The zero-order valence-corrected chi connectivity index (χ0v) is 12.4. The van der Waals surface area contributed by atoms with Gasteiger partial charge in [-0.3, -0.25) is 9.59 Å². The van der Waals surface area contributed by atoms with E-state index < -0.39 is 11.5 Å². The van der Waals surface area contributed by atoms with Gasteiger partial charge in [-0.05, 0) is 25.0 Å². The van der Waals surface area contributed by atoms with Gasteiger partial charge in [0.25, 0.3) is 0 Å². The molecule has 1 amide bonds. The first-order valence-electron chi connectivity index (χ1n) is 6.91. The Morgan fingerprint density at radius 3 is 2.57 bits per heavy atom. The van der Waals surface area contributed by atoms with Crippen molar-refractivity contribution in [1.29, 1.82) is 0 Å². The summed E-state index contributed by atoms with van der Waals surface area (Å²) in [5.74, 6) is -1.41. The van der Waals surface area contributed by atoms with Crippen molar-refractivity contribution in [2.75, 3.05) is 5.75 Å². The van der Waals surface area contributed by atoms with Crippen LogP contribution in [0, 0.1) is 5.82 Å². The smallest absolute Gasteiger partial charge is 0.305 e. The summed E-state index contributed by atoms with van der Waals surface area (Å²) in [4.78, 5) is 23.4. The van der Waals surface area contributed by atoms with E-state index in [0.717, 1.165) is 24.6 Å². The standard InChI is InChI=1S/C15H18FNO3S/c16-11-5-1-2-6-12(11)21-10-13(18)17-15(9-14(19)20)7-3-4-8-15/h1-2,5-6H,3-4,7-10H2,(H,17,18)(H,19,20). The van der Waals surface area contributed by atoms with Crippen LogP contribution in [0.5, 0.6) is 0 Å². The van der Waals surface area contributed by atoms with Crippen LogP contribution in [0.4, 0.5) is 4.39 Å². The van der Waals surface area contributed by atoms with E-state index in [4.69, 9.17) is 5.11 Å². The van der Waals surface area contributed by atoms with Crippen molar-refractivity contribution in [3.05, 3.63) is 30.1 Å². The average Bonchev–Trinajstić information content (AvgIpc) is 2.85. The summed E-state index contributed by atoms with van der Waals surface area (Å²) >= 11 is 1.12. The minimum Gasteiger partial charge on any atom is -0.481 e. The van der Waals surface area contributed by atoms with Crippen molar-refractivity contribution in [3.63, 3.8) is 0 Å². The van der Waals surface area contributed by atoms with Gasteiger partial charge in [-0.15, -0.1) is 11.8 Å². The van der Waals surface area contributed by atoms with E-state index in [-0.39, 0.29) is 23.9 Å². The predicted octanol–water partition coefficient (Wildman–Crippen LogP) is 2.82. The van der Waals surface area contributed by atoms with Gasteiger partial charge in [0.05, 0.1) is 17.7 Å². The summed E-state index contributed by atoms with van der Waals surface area (Å²) in [5.41, 5.74) is -0.626. The topological polar surface area (TPSA) is 66.4 Å². The van der Waals surface area contributed by atoms with Crippen molar-refractivity contribution < 1.29 is 19.1 Å². The monoisotopic (exact) mass is 311 g/mol. The number of hydrogen-bond acceptors (Lipinski definition) is 3. The van der Waals surface area contributed by atoms with E-state index in [9.17, 15) is 14.0 Å². The maximum atomic E-state index is 13.5. The molecule has 4 nitrogen and oxygen atoms in total. The second-order valence-electron chi connectivity index (χ2n) is 5.33. The van der Waals surface area contributed by atoms with Crippen molar-refractivity contribution in [1.82, 2.24) is 5.32 Å². The van der Waals surface area contributed by atoms with Gasteiger partial charge in [0, 0.05) is 4.90 Å². The highest BCUT2D eigenvalue weighted by atomic mass is 32.2. The van der Waals surface area contributed by atoms with Crippen LogP contribution >= 0.6 is 11.8 Å².